The lowest BCUT2D eigenvalue weighted by Crippen LogP contribution is -2.41. The van der Waals surface area contributed by atoms with Crippen LogP contribution in [0.4, 0.5) is 0 Å². The van der Waals surface area contributed by atoms with Gasteiger partial charge in [0.05, 0.1) is 10.3 Å². The standard InChI is InChI=1S/C14H20Cl2N2OS.ClH/c1-4-17-9(2)8-18-14(19)10(3)20-13-7-11(15)5-6-12(13)16;/h5-7,9-10,17H,4,8H2,1-3H3,(H,18,19);1H/t9-,10?;/m1./s1. The average Bonchev–Trinajstić information content (AvgIpc) is 2.40. The van der Waals surface area contributed by atoms with Crippen molar-refractivity contribution in [2.75, 3.05) is 13.1 Å². The Balaban J connectivity index is 0.00000400. The molecule has 2 N–H and O–H groups in total. The van der Waals surface area contributed by atoms with Crippen LogP contribution in [0.15, 0.2) is 23.1 Å². The van der Waals surface area contributed by atoms with Gasteiger partial charge in [-0.3, -0.25) is 4.79 Å². The summed E-state index contributed by atoms with van der Waals surface area (Å²) in [6.07, 6.45) is 0. The molecule has 0 aliphatic carbocycles. The van der Waals surface area contributed by atoms with Gasteiger partial charge in [-0.05, 0) is 38.6 Å². The van der Waals surface area contributed by atoms with Crippen molar-refractivity contribution in [3.05, 3.63) is 28.2 Å². The monoisotopic (exact) mass is 370 g/mol. The minimum atomic E-state index is -0.222. The highest BCUT2D eigenvalue weighted by Crippen LogP contribution is 2.32. The fraction of sp³-hybridized carbons (Fsp3) is 0.500. The summed E-state index contributed by atoms with van der Waals surface area (Å²) < 4.78 is 0. The van der Waals surface area contributed by atoms with E-state index in [9.17, 15) is 4.79 Å². The first kappa shape index (κ1) is 20.9. The highest BCUT2D eigenvalue weighted by atomic mass is 35.5. The number of nitrogens with one attached hydrogen (secondary N) is 2. The Bertz CT molecular complexity index is 460. The van der Waals surface area contributed by atoms with Crippen molar-refractivity contribution < 1.29 is 4.79 Å². The molecule has 2 atom stereocenters. The molecule has 1 aromatic carbocycles. The van der Waals surface area contributed by atoms with Crippen LogP contribution in [-0.4, -0.2) is 30.3 Å². The third kappa shape index (κ3) is 7.61. The molecule has 0 spiro atoms. The van der Waals surface area contributed by atoms with Gasteiger partial charge >= 0.3 is 0 Å². The Labute approximate surface area is 146 Å². The molecule has 0 aliphatic rings. The van der Waals surface area contributed by atoms with E-state index in [0.29, 0.717) is 16.6 Å². The van der Waals surface area contributed by atoms with Gasteiger partial charge in [-0.15, -0.1) is 24.2 Å². The summed E-state index contributed by atoms with van der Waals surface area (Å²) >= 11 is 13.4. The van der Waals surface area contributed by atoms with E-state index in [1.165, 1.54) is 11.8 Å². The summed E-state index contributed by atoms with van der Waals surface area (Å²) in [5.41, 5.74) is 0. The third-order valence-electron chi connectivity index (χ3n) is 2.70. The number of thioether (sulfide) groups is 1. The summed E-state index contributed by atoms with van der Waals surface area (Å²) in [5.74, 6) is -0.00389. The molecule has 0 radical (unpaired) electrons. The van der Waals surface area contributed by atoms with Crippen LogP contribution in [0.3, 0.4) is 0 Å². The van der Waals surface area contributed by atoms with Crippen molar-refractivity contribution in [2.24, 2.45) is 0 Å². The Morgan fingerprint density at radius 1 is 1.33 bits per heavy atom. The number of amides is 1. The Morgan fingerprint density at radius 3 is 2.62 bits per heavy atom. The second-order valence-electron chi connectivity index (χ2n) is 4.54. The first-order valence-electron chi connectivity index (χ1n) is 6.56. The highest BCUT2D eigenvalue weighted by Gasteiger charge is 2.16. The number of halogens is 3. The molecule has 21 heavy (non-hydrogen) atoms. The molecule has 3 nitrogen and oxygen atoms in total. The normalized spacial score (nSPS) is 13.2. The van der Waals surface area contributed by atoms with Crippen LogP contribution >= 0.6 is 47.4 Å². The van der Waals surface area contributed by atoms with Gasteiger partial charge in [0, 0.05) is 22.5 Å². The number of carbonyl (C=O) groups is 1. The molecule has 0 saturated carbocycles. The van der Waals surface area contributed by atoms with Gasteiger partial charge in [0.1, 0.15) is 0 Å². The summed E-state index contributed by atoms with van der Waals surface area (Å²) in [6.45, 7) is 7.43. The van der Waals surface area contributed by atoms with Crippen LogP contribution in [0.25, 0.3) is 0 Å². The van der Waals surface area contributed by atoms with E-state index in [2.05, 4.69) is 10.6 Å². The lowest BCUT2D eigenvalue weighted by atomic mass is 10.3. The van der Waals surface area contributed by atoms with Gasteiger partial charge in [-0.2, -0.15) is 0 Å². The van der Waals surface area contributed by atoms with Crippen LogP contribution in [0.1, 0.15) is 20.8 Å². The van der Waals surface area contributed by atoms with E-state index in [1.807, 2.05) is 20.8 Å². The first-order chi connectivity index (χ1) is 9.43. The van der Waals surface area contributed by atoms with E-state index in [4.69, 9.17) is 23.2 Å². The predicted octanol–water partition coefficient (Wildman–Crippen LogP) is 4.01. The topological polar surface area (TPSA) is 41.1 Å². The maximum absolute atomic E-state index is 12.0. The van der Waals surface area contributed by atoms with Gasteiger partial charge in [0.2, 0.25) is 5.91 Å². The molecule has 1 rings (SSSR count). The highest BCUT2D eigenvalue weighted by molar-refractivity contribution is 8.00. The van der Waals surface area contributed by atoms with Crippen LogP contribution < -0.4 is 10.6 Å². The largest absolute Gasteiger partial charge is 0.354 e. The fourth-order valence-corrected chi connectivity index (χ4v) is 3.06. The lowest BCUT2D eigenvalue weighted by Gasteiger charge is -2.16. The maximum atomic E-state index is 12.0. The van der Waals surface area contributed by atoms with Crippen LogP contribution in [-0.2, 0) is 4.79 Å². The average molecular weight is 372 g/mol. The van der Waals surface area contributed by atoms with E-state index in [1.54, 1.807) is 18.2 Å². The second kappa shape index (κ2) is 10.6. The molecular weight excluding hydrogens is 351 g/mol. The zero-order valence-corrected chi connectivity index (χ0v) is 15.4. The fourth-order valence-electron chi connectivity index (χ4n) is 1.63. The molecule has 1 aromatic rings. The number of carbonyl (C=O) groups excluding carboxylic acids is 1. The van der Waals surface area contributed by atoms with Crippen molar-refractivity contribution in [3.8, 4) is 0 Å². The smallest absolute Gasteiger partial charge is 0.233 e. The predicted molar refractivity (Wildman–Crippen MR) is 95.2 cm³/mol. The summed E-state index contributed by atoms with van der Waals surface area (Å²) in [4.78, 5) is 12.8. The van der Waals surface area contributed by atoms with E-state index < -0.39 is 0 Å². The first-order valence-corrected chi connectivity index (χ1v) is 8.20. The van der Waals surface area contributed by atoms with Gasteiger partial charge in [0.15, 0.2) is 0 Å². The van der Waals surface area contributed by atoms with Gasteiger partial charge in [-0.25, -0.2) is 0 Å². The van der Waals surface area contributed by atoms with Crippen molar-refractivity contribution in [2.45, 2.75) is 37.0 Å². The van der Waals surface area contributed by atoms with E-state index in [-0.39, 0.29) is 29.6 Å². The zero-order valence-electron chi connectivity index (χ0n) is 12.3. The zero-order chi connectivity index (χ0) is 15.1. The summed E-state index contributed by atoms with van der Waals surface area (Å²) in [5, 5.41) is 7.17. The quantitative estimate of drug-likeness (QED) is 0.712. The molecular formula is C14H21Cl3N2OS. The van der Waals surface area contributed by atoms with Crippen molar-refractivity contribution in [1.29, 1.82) is 0 Å². The Hall–Kier alpha value is -0.130. The Kier molecular flexibility index (Phi) is 10.5. The molecule has 0 aliphatic heterocycles. The van der Waals surface area contributed by atoms with Crippen molar-refractivity contribution >= 4 is 53.3 Å². The molecule has 0 heterocycles. The number of benzene rings is 1. The van der Waals surface area contributed by atoms with Crippen LogP contribution in [0.2, 0.25) is 10.0 Å². The Morgan fingerprint density at radius 2 is 2.00 bits per heavy atom. The summed E-state index contributed by atoms with van der Waals surface area (Å²) in [6, 6.07) is 5.51. The third-order valence-corrected chi connectivity index (χ3v) is 4.54. The number of likely N-dealkylation sites (N-methyl/N-ethyl adjacent to an activating group) is 1. The number of hydrogen-bond acceptors (Lipinski definition) is 3. The van der Waals surface area contributed by atoms with Crippen LogP contribution in [0, 0.1) is 0 Å². The van der Waals surface area contributed by atoms with Crippen molar-refractivity contribution in [1.82, 2.24) is 10.6 Å². The maximum Gasteiger partial charge on any atom is 0.233 e. The molecule has 0 saturated heterocycles. The van der Waals surface area contributed by atoms with Gasteiger partial charge in [-0.1, -0.05) is 30.1 Å². The molecule has 120 valence electrons. The molecule has 1 amide bonds. The minimum absolute atomic E-state index is 0. The lowest BCUT2D eigenvalue weighted by molar-refractivity contribution is -0.120. The second-order valence-corrected chi connectivity index (χ2v) is 6.76. The van der Waals surface area contributed by atoms with E-state index in [0.717, 1.165) is 11.4 Å². The van der Waals surface area contributed by atoms with Gasteiger partial charge < -0.3 is 10.6 Å². The molecule has 7 heteroatoms. The van der Waals surface area contributed by atoms with Crippen LogP contribution in [0.5, 0.6) is 0 Å². The van der Waals surface area contributed by atoms with E-state index >= 15 is 0 Å². The summed E-state index contributed by atoms with van der Waals surface area (Å²) in [7, 11) is 0. The molecule has 0 bridgehead atoms. The van der Waals surface area contributed by atoms with Gasteiger partial charge in [0.25, 0.3) is 0 Å². The molecule has 0 fully saturated rings. The minimum Gasteiger partial charge on any atom is -0.354 e. The molecule has 1 unspecified atom stereocenters. The number of rotatable bonds is 7. The molecule has 0 aromatic heterocycles. The number of hydrogen-bond donors (Lipinski definition) is 2. The SMILES string of the molecule is CCN[C@H](C)CNC(=O)C(C)Sc1cc(Cl)ccc1Cl.Cl. The van der Waals surface area contributed by atoms with Crippen molar-refractivity contribution in [3.63, 3.8) is 0 Å².